The molecule has 0 unspecified atom stereocenters. The van der Waals surface area contributed by atoms with Crippen LogP contribution < -0.4 is 10.3 Å². The lowest BCUT2D eigenvalue weighted by Crippen LogP contribution is -2.22. The largest absolute Gasteiger partial charge is 0.456 e. The molecule has 142 valence electrons. The summed E-state index contributed by atoms with van der Waals surface area (Å²) in [5, 5.41) is 8.14. The number of alkyl halides is 3. The van der Waals surface area contributed by atoms with Crippen molar-refractivity contribution < 1.29 is 18.0 Å². The number of halogens is 3. The number of rotatable bonds is 7. The zero-order valence-corrected chi connectivity index (χ0v) is 16.3. The van der Waals surface area contributed by atoms with Gasteiger partial charge >= 0.3 is 9.94 Å². The molecule has 3 aromatic heterocycles. The van der Waals surface area contributed by atoms with Crippen molar-refractivity contribution in [3.63, 3.8) is 0 Å². The van der Waals surface area contributed by atoms with Crippen LogP contribution >= 0.6 is 22.6 Å². The normalized spacial score (nSPS) is 11.6. The van der Waals surface area contributed by atoms with Gasteiger partial charge in [-0.3, -0.25) is 4.79 Å². The Morgan fingerprint density at radius 3 is 2.67 bits per heavy atom. The smallest absolute Gasteiger partial charge is 0.329 e. The first-order valence-corrected chi connectivity index (χ1v) is 8.96. The number of hydrogen-bond donors (Lipinski definition) is 0. The van der Waals surface area contributed by atoms with Crippen molar-refractivity contribution >= 4 is 22.6 Å². The van der Waals surface area contributed by atoms with Crippen LogP contribution in [0.4, 0.5) is 8.78 Å². The minimum absolute atomic E-state index is 0.131. The summed E-state index contributed by atoms with van der Waals surface area (Å²) >= 11 is 0.970. The Labute approximate surface area is 165 Å². The van der Waals surface area contributed by atoms with Crippen molar-refractivity contribution in [1.82, 2.24) is 24.9 Å². The fraction of sp³-hybridized carbons (Fsp3) is 0.312. The molecule has 0 saturated heterocycles. The summed E-state index contributed by atoms with van der Waals surface area (Å²) < 4.78 is 33.8. The van der Waals surface area contributed by atoms with Crippen LogP contribution in [0.1, 0.15) is 18.4 Å². The van der Waals surface area contributed by atoms with Gasteiger partial charge in [0.05, 0.1) is 11.4 Å². The van der Waals surface area contributed by atoms with Crippen LogP contribution in [0.2, 0.25) is 0 Å². The Balaban J connectivity index is 1.77. The lowest BCUT2D eigenvalue weighted by molar-refractivity contribution is 0.0603. The molecule has 11 heteroatoms. The van der Waals surface area contributed by atoms with E-state index in [0.717, 1.165) is 34.7 Å². The zero-order valence-electron chi connectivity index (χ0n) is 14.1. The highest BCUT2D eigenvalue weighted by molar-refractivity contribution is 14.1. The van der Waals surface area contributed by atoms with E-state index >= 15 is 0 Å². The third-order valence-corrected chi connectivity index (χ3v) is 3.74. The Kier molecular flexibility index (Phi) is 5.77. The molecule has 0 atom stereocenters. The molecule has 0 saturated carbocycles. The van der Waals surface area contributed by atoms with E-state index in [2.05, 4.69) is 20.2 Å². The second-order valence-corrected chi connectivity index (χ2v) is 7.09. The van der Waals surface area contributed by atoms with Crippen LogP contribution in [0.15, 0.2) is 39.9 Å². The maximum Gasteiger partial charge on any atom is 0.329 e. The minimum Gasteiger partial charge on any atom is -0.456 e. The van der Waals surface area contributed by atoms with Crippen molar-refractivity contribution in [1.29, 1.82) is 0 Å². The molecule has 0 radical (unpaired) electrons. The highest BCUT2D eigenvalue weighted by Gasteiger charge is 2.25. The molecule has 0 aliphatic carbocycles. The minimum atomic E-state index is -3.00. The summed E-state index contributed by atoms with van der Waals surface area (Å²) in [6.45, 7) is 1.25. The molecule has 0 fully saturated rings. The van der Waals surface area contributed by atoms with E-state index in [4.69, 9.17) is 9.26 Å². The van der Waals surface area contributed by atoms with E-state index in [1.54, 1.807) is 6.07 Å². The van der Waals surface area contributed by atoms with Crippen molar-refractivity contribution in [2.45, 2.75) is 23.8 Å². The van der Waals surface area contributed by atoms with Gasteiger partial charge in [-0.05, 0) is 12.5 Å². The van der Waals surface area contributed by atoms with E-state index in [-0.39, 0.29) is 18.1 Å². The molecule has 0 bridgehead atoms. The predicted octanol–water partition coefficient (Wildman–Crippen LogP) is 2.71. The van der Waals surface area contributed by atoms with Crippen molar-refractivity contribution in [2.75, 3.05) is 6.61 Å². The van der Waals surface area contributed by atoms with Gasteiger partial charge < -0.3 is 9.26 Å². The number of aromatic nitrogens is 5. The van der Waals surface area contributed by atoms with Crippen LogP contribution in [-0.4, -0.2) is 35.4 Å². The molecule has 3 rings (SSSR count). The highest BCUT2D eigenvalue weighted by Crippen LogP contribution is 2.23. The molecule has 27 heavy (non-hydrogen) atoms. The van der Waals surface area contributed by atoms with E-state index in [1.165, 1.54) is 29.2 Å². The topological polar surface area (TPSA) is 95.9 Å². The second-order valence-electron chi connectivity index (χ2n) is 5.51. The highest BCUT2D eigenvalue weighted by atomic mass is 127. The first kappa shape index (κ1) is 19.3. The molecule has 3 heterocycles. The molecule has 3 aromatic rings. The van der Waals surface area contributed by atoms with Crippen LogP contribution in [-0.2, 0) is 13.0 Å². The molecule has 0 N–H and O–H groups in total. The second kappa shape index (κ2) is 8.06. The van der Waals surface area contributed by atoms with E-state index in [0.29, 0.717) is 17.0 Å². The van der Waals surface area contributed by atoms with Crippen molar-refractivity contribution in [3.8, 4) is 17.3 Å². The maximum atomic E-state index is 12.8. The lowest BCUT2D eigenvalue weighted by atomic mass is 10.2. The van der Waals surface area contributed by atoms with E-state index in [9.17, 15) is 13.6 Å². The summed E-state index contributed by atoms with van der Waals surface area (Å²) in [7, 11) is 0. The SMILES string of the molecule is CCc1cc(Cn2nc(-c3cnc(OCC(F)(F)I)nc3)ccc2=O)on1. The van der Waals surface area contributed by atoms with Crippen LogP contribution in [0, 0.1) is 0 Å². The molecular formula is C16H14F2IN5O3. The molecule has 0 spiro atoms. The number of nitrogens with zero attached hydrogens (tertiary/aromatic N) is 5. The Hall–Kier alpha value is -2.44. The summed E-state index contributed by atoms with van der Waals surface area (Å²) in [6.07, 6.45) is 3.49. The van der Waals surface area contributed by atoms with Gasteiger partial charge in [-0.2, -0.15) is 13.9 Å². The summed E-state index contributed by atoms with van der Waals surface area (Å²) in [6, 6.07) is 4.48. The van der Waals surface area contributed by atoms with E-state index < -0.39 is 10.5 Å². The average Bonchev–Trinajstić information content (AvgIpc) is 3.09. The van der Waals surface area contributed by atoms with Gasteiger partial charge in [0.2, 0.25) is 0 Å². The zero-order chi connectivity index (χ0) is 19.4. The molecule has 0 aliphatic heterocycles. The van der Waals surface area contributed by atoms with Gasteiger partial charge in [0, 0.05) is 52.7 Å². The average molecular weight is 489 g/mol. The van der Waals surface area contributed by atoms with Gasteiger partial charge in [-0.1, -0.05) is 12.1 Å². The fourth-order valence-electron chi connectivity index (χ4n) is 2.13. The molecule has 0 aliphatic rings. The molecule has 0 amide bonds. The molecule has 0 aromatic carbocycles. The van der Waals surface area contributed by atoms with Crippen molar-refractivity contribution in [2.24, 2.45) is 0 Å². The summed E-state index contributed by atoms with van der Waals surface area (Å²) in [4.78, 5) is 19.8. The third kappa shape index (κ3) is 5.28. The maximum absolute atomic E-state index is 12.8. The fourth-order valence-corrected chi connectivity index (χ4v) is 2.29. The quantitative estimate of drug-likeness (QED) is 0.372. The lowest BCUT2D eigenvalue weighted by Gasteiger charge is -2.09. The van der Waals surface area contributed by atoms with Crippen molar-refractivity contribution in [3.05, 3.63) is 52.4 Å². The first-order valence-electron chi connectivity index (χ1n) is 7.88. The molecular weight excluding hydrogens is 475 g/mol. The van der Waals surface area contributed by atoms with Gasteiger partial charge in [0.1, 0.15) is 6.54 Å². The Morgan fingerprint density at radius 1 is 1.30 bits per heavy atom. The standard InChI is InChI=1S/C16H14F2IN5O3/c1-2-11-5-12(27-23-11)8-24-14(25)4-3-13(22-24)10-6-20-15(21-7-10)26-9-16(17,18)19/h3-7H,2,8-9H2,1H3. The monoisotopic (exact) mass is 489 g/mol. The van der Waals surface area contributed by atoms with Gasteiger partial charge in [-0.15, -0.1) is 0 Å². The van der Waals surface area contributed by atoms with Crippen LogP contribution in [0.5, 0.6) is 6.01 Å². The van der Waals surface area contributed by atoms with Gasteiger partial charge in [0.25, 0.3) is 5.56 Å². The Bertz CT molecular complexity index is 969. The summed E-state index contributed by atoms with van der Waals surface area (Å²) in [5.74, 6) is 0.512. The van der Waals surface area contributed by atoms with E-state index in [1.807, 2.05) is 6.92 Å². The predicted molar refractivity (Wildman–Crippen MR) is 99.0 cm³/mol. The van der Waals surface area contributed by atoms with Gasteiger partial charge in [-0.25, -0.2) is 14.6 Å². The van der Waals surface area contributed by atoms with Crippen LogP contribution in [0.3, 0.4) is 0 Å². The Morgan fingerprint density at radius 2 is 2.04 bits per heavy atom. The van der Waals surface area contributed by atoms with Crippen LogP contribution in [0.25, 0.3) is 11.3 Å². The number of aryl methyl sites for hydroxylation is 1. The summed E-state index contributed by atoms with van der Waals surface area (Å²) in [5.41, 5.74) is 1.42. The first-order chi connectivity index (χ1) is 12.8. The third-order valence-electron chi connectivity index (χ3n) is 3.43. The number of hydrogen-bond acceptors (Lipinski definition) is 7. The molecule has 8 nitrogen and oxygen atoms in total. The van der Waals surface area contributed by atoms with Gasteiger partial charge in [0.15, 0.2) is 12.4 Å². The number of ether oxygens (including phenoxy) is 1.